The minimum absolute atomic E-state index is 0.124. The highest BCUT2D eigenvalue weighted by Crippen LogP contribution is 2.28. The Kier molecular flexibility index (Phi) is 5.70. The molecular formula is C26H21N5O3. The Bertz CT molecular complexity index is 1520. The summed E-state index contributed by atoms with van der Waals surface area (Å²) in [4.78, 5) is 34.3. The summed E-state index contributed by atoms with van der Waals surface area (Å²) in [5.74, 6) is 0.342. The van der Waals surface area contributed by atoms with Crippen molar-refractivity contribution in [3.8, 4) is 22.8 Å². The van der Waals surface area contributed by atoms with Crippen molar-refractivity contribution in [1.82, 2.24) is 19.7 Å². The van der Waals surface area contributed by atoms with E-state index in [1.54, 1.807) is 30.6 Å². The Balaban J connectivity index is 1.48. The van der Waals surface area contributed by atoms with Gasteiger partial charge in [0.2, 0.25) is 11.7 Å². The summed E-state index contributed by atoms with van der Waals surface area (Å²) < 4.78 is 6.92. The number of fused-ring (bicyclic) bond motifs is 1. The fourth-order valence-corrected chi connectivity index (χ4v) is 3.79. The summed E-state index contributed by atoms with van der Waals surface area (Å²) in [6, 6.07) is 20.0. The van der Waals surface area contributed by atoms with Crippen molar-refractivity contribution in [1.29, 1.82) is 0 Å². The third kappa shape index (κ3) is 4.21. The summed E-state index contributed by atoms with van der Waals surface area (Å²) >= 11 is 0. The van der Waals surface area contributed by atoms with Gasteiger partial charge in [-0.15, -0.1) is 0 Å². The molecule has 8 heteroatoms. The van der Waals surface area contributed by atoms with E-state index < -0.39 is 0 Å². The van der Waals surface area contributed by atoms with Crippen LogP contribution in [0.25, 0.3) is 33.7 Å². The molecule has 0 fully saturated rings. The van der Waals surface area contributed by atoms with Gasteiger partial charge in [0.1, 0.15) is 6.54 Å². The highest BCUT2D eigenvalue weighted by Gasteiger charge is 2.17. The van der Waals surface area contributed by atoms with Crippen molar-refractivity contribution >= 4 is 22.5 Å². The molecule has 0 saturated heterocycles. The molecule has 1 amide bonds. The van der Waals surface area contributed by atoms with Gasteiger partial charge in [0.05, 0.1) is 11.1 Å². The van der Waals surface area contributed by atoms with Gasteiger partial charge in [0, 0.05) is 35.1 Å². The van der Waals surface area contributed by atoms with E-state index >= 15 is 0 Å². The smallest absolute Gasteiger partial charge is 0.259 e. The Hall–Kier alpha value is -4.59. The second-order valence-electron chi connectivity index (χ2n) is 7.76. The molecule has 8 nitrogen and oxygen atoms in total. The van der Waals surface area contributed by atoms with E-state index in [0.29, 0.717) is 22.6 Å². The molecule has 0 atom stereocenters. The van der Waals surface area contributed by atoms with Crippen molar-refractivity contribution in [3.63, 3.8) is 0 Å². The zero-order chi connectivity index (χ0) is 23.5. The number of aryl methyl sites for hydroxylation is 1. The third-order valence-corrected chi connectivity index (χ3v) is 5.56. The average Bonchev–Trinajstić information content (AvgIpc) is 3.37. The average molecular weight is 451 g/mol. The maximum atomic E-state index is 13.1. The first-order chi connectivity index (χ1) is 16.6. The predicted octanol–water partition coefficient (Wildman–Crippen LogP) is 4.31. The maximum Gasteiger partial charge on any atom is 0.259 e. The van der Waals surface area contributed by atoms with Crippen molar-refractivity contribution in [2.45, 2.75) is 19.9 Å². The largest absolute Gasteiger partial charge is 0.334 e. The summed E-state index contributed by atoms with van der Waals surface area (Å²) in [5, 5.41) is 7.63. The number of carbonyl (C=O) groups is 1. The van der Waals surface area contributed by atoms with Crippen LogP contribution >= 0.6 is 0 Å². The predicted molar refractivity (Wildman–Crippen MR) is 129 cm³/mol. The first kappa shape index (κ1) is 21.3. The van der Waals surface area contributed by atoms with E-state index in [4.69, 9.17) is 4.52 Å². The van der Waals surface area contributed by atoms with Crippen LogP contribution in [0.2, 0.25) is 0 Å². The van der Waals surface area contributed by atoms with Crippen LogP contribution in [0.3, 0.4) is 0 Å². The molecule has 0 aliphatic heterocycles. The monoisotopic (exact) mass is 451 g/mol. The fraction of sp³-hybridized carbons (Fsp3) is 0.115. The van der Waals surface area contributed by atoms with E-state index in [9.17, 15) is 9.59 Å². The SMILES string of the molecule is CCc1ccc(NC(=O)Cn2c(=O)cc(-c3nc(-c4ccncc4)no3)c3ccccc32)cc1. The summed E-state index contributed by atoms with van der Waals surface area (Å²) in [6.45, 7) is 1.95. The lowest BCUT2D eigenvalue weighted by molar-refractivity contribution is -0.116. The van der Waals surface area contributed by atoms with Gasteiger partial charge < -0.3 is 9.84 Å². The number of pyridine rings is 2. The molecule has 0 spiro atoms. The molecule has 5 aromatic rings. The van der Waals surface area contributed by atoms with Crippen molar-refractivity contribution in [2.75, 3.05) is 5.32 Å². The first-order valence-corrected chi connectivity index (χ1v) is 10.9. The molecule has 0 bridgehead atoms. The van der Waals surface area contributed by atoms with Crippen LogP contribution in [0.1, 0.15) is 12.5 Å². The van der Waals surface area contributed by atoms with Crippen molar-refractivity contribution in [3.05, 3.63) is 95.0 Å². The second kappa shape index (κ2) is 9.11. The molecule has 0 aliphatic rings. The highest BCUT2D eigenvalue weighted by atomic mass is 16.5. The zero-order valence-electron chi connectivity index (χ0n) is 18.4. The number of para-hydroxylation sites is 1. The lowest BCUT2D eigenvalue weighted by Gasteiger charge is -2.12. The number of hydrogen-bond acceptors (Lipinski definition) is 6. The lowest BCUT2D eigenvalue weighted by atomic mass is 10.1. The molecule has 1 N–H and O–H groups in total. The van der Waals surface area contributed by atoms with Gasteiger partial charge in [-0.3, -0.25) is 19.1 Å². The van der Waals surface area contributed by atoms with Gasteiger partial charge in [-0.1, -0.05) is 42.4 Å². The van der Waals surface area contributed by atoms with Crippen LogP contribution in [0.4, 0.5) is 5.69 Å². The molecule has 2 aromatic carbocycles. The standard InChI is InChI=1S/C26H21N5O3/c1-2-17-7-9-19(10-8-17)28-23(32)16-31-22-6-4-3-5-20(22)21(15-24(31)33)26-29-25(30-34-26)18-11-13-27-14-12-18/h3-15H,2,16H2,1H3,(H,28,32). The van der Waals surface area contributed by atoms with E-state index in [-0.39, 0.29) is 23.9 Å². The van der Waals surface area contributed by atoms with E-state index in [0.717, 1.165) is 17.4 Å². The number of carbonyl (C=O) groups excluding carboxylic acids is 1. The number of amides is 1. The Morgan fingerprint density at radius 2 is 1.79 bits per heavy atom. The molecule has 0 unspecified atom stereocenters. The summed E-state index contributed by atoms with van der Waals surface area (Å²) in [7, 11) is 0. The minimum atomic E-state index is -0.339. The quantitative estimate of drug-likeness (QED) is 0.413. The zero-order valence-corrected chi connectivity index (χ0v) is 18.4. The molecule has 34 heavy (non-hydrogen) atoms. The number of nitrogens with one attached hydrogen (secondary N) is 1. The van der Waals surface area contributed by atoms with Gasteiger partial charge in [0.15, 0.2) is 0 Å². The number of rotatable bonds is 6. The fourth-order valence-electron chi connectivity index (χ4n) is 3.79. The molecule has 3 heterocycles. The van der Waals surface area contributed by atoms with E-state index in [1.165, 1.54) is 16.2 Å². The van der Waals surface area contributed by atoms with Crippen molar-refractivity contribution in [2.24, 2.45) is 0 Å². The minimum Gasteiger partial charge on any atom is -0.334 e. The highest BCUT2D eigenvalue weighted by molar-refractivity contribution is 5.95. The third-order valence-electron chi connectivity index (χ3n) is 5.56. The van der Waals surface area contributed by atoms with Gasteiger partial charge in [0.25, 0.3) is 11.4 Å². The molecule has 3 aromatic heterocycles. The summed E-state index contributed by atoms with van der Waals surface area (Å²) in [5.41, 5.74) is 3.40. The number of anilines is 1. The normalized spacial score (nSPS) is 11.0. The van der Waals surface area contributed by atoms with Gasteiger partial charge >= 0.3 is 0 Å². The van der Waals surface area contributed by atoms with Gasteiger partial charge in [-0.05, 0) is 42.3 Å². The topological polar surface area (TPSA) is 103 Å². The molecular weight excluding hydrogens is 430 g/mol. The van der Waals surface area contributed by atoms with Crippen molar-refractivity contribution < 1.29 is 9.32 Å². The van der Waals surface area contributed by atoms with Crippen LogP contribution in [0.5, 0.6) is 0 Å². The summed E-state index contributed by atoms with van der Waals surface area (Å²) in [6.07, 6.45) is 4.21. The van der Waals surface area contributed by atoms with Crippen LogP contribution in [-0.2, 0) is 17.8 Å². The lowest BCUT2D eigenvalue weighted by Crippen LogP contribution is -2.27. The molecule has 5 rings (SSSR count). The van der Waals surface area contributed by atoms with Gasteiger partial charge in [-0.25, -0.2) is 0 Å². The van der Waals surface area contributed by atoms with E-state index in [1.807, 2.05) is 42.5 Å². The van der Waals surface area contributed by atoms with Gasteiger partial charge in [-0.2, -0.15) is 4.98 Å². The van der Waals surface area contributed by atoms with Crippen LogP contribution in [0.15, 0.2) is 88.4 Å². The molecule has 168 valence electrons. The Morgan fingerprint density at radius 1 is 1.03 bits per heavy atom. The number of nitrogens with zero attached hydrogens (tertiary/aromatic N) is 4. The van der Waals surface area contributed by atoms with Crippen LogP contribution in [0, 0.1) is 0 Å². The Labute approximate surface area is 194 Å². The second-order valence-corrected chi connectivity index (χ2v) is 7.76. The number of aromatic nitrogens is 4. The Morgan fingerprint density at radius 3 is 2.56 bits per heavy atom. The first-order valence-electron chi connectivity index (χ1n) is 10.9. The van der Waals surface area contributed by atoms with Crippen LogP contribution in [-0.4, -0.2) is 25.6 Å². The molecule has 0 aliphatic carbocycles. The number of benzene rings is 2. The maximum absolute atomic E-state index is 13.1. The van der Waals surface area contributed by atoms with Crippen LogP contribution < -0.4 is 10.9 Å². The van der Waals surface area contributed by atoms with E-state index in [2.05, 4.69) is 27.4 Å². The number of hydrogen-bond donors (Lipinski definition) is 1. The molecule has 0 saturated carbocycles. The molecule has 0 radical (unpaired) electrons.